The van der Waals surface area contributed by atoms with Gasteiger partial charge in [-0.05, 0) is 107 Å². The highest BCUT2D eigenvalue weighted by Crippen LogP contribution is 2.30. The maximum Gasteiger partial charge on any atom is 0.251 e. The highest BCUT2D eigenvalue weighted by atomic mass is 16.5. The fraction of sp³-hybridized carbons (Fsp3) is 0.724. The van der Waals surface area contributed by atoms with Crippen molar-refractivity contribution < 1.29 is 14.3 Å². The Kier molecular flexibility index (Phi) is 9.61. The minimum atomic E-state index is -0.304. The molecule has 0 aromatic heterocycles. The summed E-state index contributed by atoms with van der Waals surface area (Å²) in [5.74, 6) is 2.26. The monoisotopic (exact) mass is 483 g/mol. The summed E-state index contributed by atoms with van der Waals surface area (Å²) in [7, 11) is 0. The van der Waals surface area contributed by atoms with Gasteiger partial charge in [0.25, 0.3) is 5.91 Å². The maximum absolute atomic E-state index is 13.2. The summed E-state index contributed by atoms with van der Waals surface area (Å²) in [5.41, 5.74) is 0.659. The van der Waals surface area contributed by atoms with Crippen LogP contribution >= 0.6 is 0 Å². The largest absolute Gasteiger partial charge is 0.494 e. The van der Waals surface area contributed by atoms with Crippen molar-refractivity contribution in [3.05, 3.63) is 24.3 Å². The van der Waals surface area contributed by atoms with Crippen LogP contribution in [0, 0.1) is 11.8 Å². The quantitative estimate of drug-likeness (QED) is 0.323. The van der Waals surface area contributed by atoms with Crippen molar-refractivity contribution in [3.8, 4) is 5.75 Å². The van der Waals surface area contributed by atoms with Gasteiger partial charge < -0.3 is 9.64 Å². The number of imide groups is 1. The number of carbonyl (C=O) groups excluding carboxylic acids is 2. The van der Waals surface area contributed by atoms with Gasteiger partial charge in [0.2, 0.25) is 5.91 Å². The number of hydrogen-bond donors (Lipinski definition) is 0. The Bertz CT molecular complexity index is 811. The minimum absolute atomic E-state index is 0.0656. The first-order valence-electron chi connectivity index (χ1n) is 14.1. The second-order valence-electron chi connectivity index (χ2n) is 11.0. The average Bonchev–Trinajstić information content (AvgIpc) is 3.18. The lowest BCUT2D eigenvalue weighted by atomic mass is 9.91. The molecule has 3 aliphatic rings. The molecule has 0 N–H and O–H groups in total. The van der Waals surface area contributed by atoms with E-state index in [2.05, 4.69) is 23.6 Å². The molecular formula is C29H45N3O3. The molecule has 35 heavy (non-hydrogen) atoms. The first-order valence-corrected chi connectivity index (χ1v) is 14.1. The third kappa shape index (κ3) is 7.07. The molecular weight excluding hydrogens is 438 g/mol. The zero-order valence-corrected chi connectivity index (χ0v) is 21.9. The van der Waals surface area contributed by atoms with Crippen LogP contribution in [0.4, 0.5) is 5.69 Å². The van der Waals surface area contributed by atoms with Crippen molar-refractivity contribution in [1.29, 1.82) is 0 Å². The van der Waals surface area contributed by atoms with E-state index in [1.54, 1.807) is 0 Å². The number of anilines is 1. The predicted octanol–water partition coefficient (Wildman–Crippen LogP) is 5.11. The van der Waals surface area contributed by atoms with E-state index >= 15 is 0 Å². The summed E-state index contributed by atoms with van der Waals surface area (Å²) in [5, 5.41) is 0. The standard InChI is InChI=1S/C29H45N3O3/c1-3-4-5-6-21-35-26-9-7-25(8-10-26)32-28(33)22-27(29(32)34)31-19-14-24(15-20-31)13-18-30-16-11-23(2)12-17-30/h7-10,23-24,27H,3-6,11-22H2,1-2H3/t27-/m0/s1. The molecule has 3 fully saturated rings. The smallest absolute Gasteiger partial charge is 0.251 e. The minimum Gasteiger partial charge on any atom is -0.494 e. The van der Waals surface area contributed by atoms with E-state index in [0.29, 0.717) is 18.7 Å². The molecule has 3 saturated heterocycles. The highest BCUT2D eigenvalue weighted by Gasteiger charge is 2.43. The second-order valence-corrected chi connectivity index (χ2v) is 11.0. The Labute approximate surface area is 212 Å². The van der Waals surface area contributed by atoms with Crippen molar-refractivity contribution in [1.82, 2.24) is 9.80 Å². The average molecular weight is 484 g/mol. The van der Waals surface area contributed by atoms with Crippen molar-refractivity contribution in [2.75, 3.05) is 44.2 Å². The normalized spacial score (nSPS) is 23.4. The third-order valence-corrected chi connectivity index (χ3v) is 8.30. The molecule has 3 heterocycles. The second kappa shape index (κ2) is 12.9. The molecule has 2 amide bonds. The zero-order chi connectivity index (χ0) is 24.6. The van der Waals surface area contributed by atoms with E-state index in [9.17, 15) is 9.59 Å². The SMILES string of the molecule is CCCCCCOc1ccc(N2C(=O)C[C@H](N3CCC(CCN4CCC(C)CC4)CC3)C2=O)cc1. The summed E-state index contributed by atoms with van der Waals surface area (Å²) >= 11 is 0. The number of ether oxygens (including phenoxy) is 1. The van der Waals surface area contributed by atoms with Crippen LogP contribution in [0.3, 0.4) is 0 Å². The first-order chi connectivity index (χ1) is 17.0. The van der Waals surface area contributed by atoms with Gasteiger partial charge >= 0.3 is 0 Å². The van der Waals surface area contributed by atoms with Gasteiger partial charge in [0.15, 0.2) is 0 Å². The van der Waals surface area contributed by atoms with E-state index in [0.717, 1.165) is 49.9 Å². The molecule has 0 aliphatic carbocycles. The number of amides is 2. The Morgan fingerprint density at radius 3 is 2.31 bits per heavy atom. The molecule has 0 unspecified atom stereocenters. The summed E-state index contributed by atoms with van der Waals surface area (Å²) < 4.78 is 5.81. The van der Waals surface area contributed by atoms with Gasteiger partial charge in [-0.15, -0.1) is 0 Å². The van der Waals surface area contributed by atoms with E-state index in [1.807, 2.05) is 24.3 Å². The molecule has 1 atom stereocenters. The molecule has 0 spiro atoms. The van der Waals surface area contributed by atoms with Crippen LogP contribution in [-0.4, -0.2) is 67.0 Å². The number of rotatable bonds is 11. The molecule has 1 aromatic carbocycles. The van der Waals surface area contributed by atoms with Crippen LogP contribution in [0.5, 0.6) is 5.75 Å². The van der Waals surface area contributed by atoms with Gasteiger partial charge in [-0.3, -0.25) is 14.5 Å². The molecule has 1 aromatic rings. The van der Waals surface area contributed by atoms with Crippen LogP contribution in [0.25, 0.3) is 0 Å². The number of hydrogen-bond acceptors (Lipinski definition) is 5. The van der Waals surface area contributed by atoms with E-state index in [-0.39, 0.29) is 17.9 Å². The molecule has 0 radical (unpaired) electrons. The number of piperidine rings is 2. The number of nitrogens with zero attached hydrogens (tertiary/aromatic N) is 3. The Morgan fingerprint density at radius 1 is 0.914 bits per heavy atom. The number of likely N-dealkylation sites (tertiary alicyclic amines) is 2. The topological polar surface area (TPSA) is 53.1 Å². The van der Waals surface area contributed by atoms with Crippen LogP contribution < -0.4 is 9.64 Å². The van der Waals surface area contributed by atoms with Gasteiger partial charge in [0.05, 0.1) is 24.8 Å². The van der Waals surface area contributed by atoms with Gasteiger partial charge in [0.1, 0.15) is 5.75 Å². The Hall–Kier alpha value is -1.92. The third-order valence-electron chi connectivity index (χ3n) is 8.30. The molecule has 6 heteroatoms. The summed E-state index contributed by atoms with van der Waals surface area (Å²) in [6.45, 7) is 10.8. The number of benzene rings is 1. The maximum atomic E-state index is 13.2. The van der Waals surface area contributed by atoms with Crippen molar-refractivity contribution in [2.24, 2.45) is 11.8 Å². The fourth-order valence-corrected chi connectivity index (χ4v) is 5.79. The van der Waals surface area contributed by atoms with E-state index in [1.165, 1.54) is 63.1 Å². The van der Waals surface area contributed by atoms with Gasteiger partial charge in [-0.2, -0.15) is 0 Å². The molecule has 0 saturated carbocycles. The zero-order valence-electron chi connectivity index (χ0n) is 21.9. The van der Waals surface area contributed by atoms with Gasteiger partial charge in [-0.25, -0.2) is 4.90 Å². The van der Waals surface area contributed by atoms with Crippen LogP contribution in [0.1, 0.15) is 78.1 Å². The van der Waals surface area contributed by atoms with Crippen molar-refractivity contribution in [3.63, 3.8) is 0 Å². The summed E-state index contributed by atoms with van der Waals surface area (Å²) in [6.07, 6.45) is 11.2. The lowest BCUT2D eigenvalue weighted by molar-refractivity contribution is -0.123. The van der Waals surface area contributed by atoms with Gasteiger partial charge in [-0.1, -0.05) is 33.1 Å². The molecule has 194 valence electrons. The summed E-state index contributed by atoms with van der Waals surface area (Å²) in [4.78, 5) is 32.3. The van der Waals surface area contributed by atoms with Crippen LogP contribution in [-0.2, 0) is 9.59 Å². The van der Waals surface area contributed by atoms with Crippen LogP contribution in [0.15, 0.2) is 24.3 Å². The van der Waals surface area contributed by atoms with Crippen LogP contribution in [0.2, 0.25) is 0 Å². The van der Waals surface area contributed by atoms with Crippen molar-refractivity contribution in [2.45, 2.75) is 84.1 Å². The molecule has 6 nitrogen and oxygen atoms in total. The molecule has 4 rings (SSSR count). The predicted molar refractivity (Wildman–Crippen MR) is 141 cm³/mol. The molecule has 0 bridgehead atoms. The Balaban J connectivity index is 1.22. The molecule has 3 aliphatic heterocycles. The fourth-order valence-electron chi connectivity index (χ4n) is 5.79. The first kappa shape index (κ1) is 26.2. The number of carbonyl (C=O) groups is 2. The lowest BCUT2D eigenvalue weighted by Gasteiger charge is -2.36. The van der Waals surface area contributed by atoms with E-state index in [4.69, 9.17) is 4.74 Å². The van der Waals surface area contributed by atoms with Gasteiger partial charge in [0, 0.05) is 0 Å². The van der Waals surface area contributed by atoms with Crippen molar-refractivity contribution >= 4 is 17.5 Å². The highest BCUT2D eigenvalue weighted by molar-refractivity contribution is 6.22. The number of unbranched alkanes of at least 4 members (excludes halogenated alkanes) is 3. The van der Waals surface area contributed by atoms with E-state index < -0.39 is 0 Å². The summed E-state index contributed by atoms with van der Waals surface area (Å²) in [6, 6.07) is 7.12. The Morgan fingerprint density at radius 2 is 1.63 bits per heavy atom. The lowest BCUT2D eigenvalue weighted by Crippen LogP contribution is -2.46.